The van der Waals surface area contributed by atoms with E-state index in [1.54, 1.807) is 6.20 Å². The van der Waals surface area contributed by atoms with Crippen LogP contribution in [0.15, 0.2) is 79.0 Å². The SMILES string of the molecule is CN1CCN(c2cccc3ccccc23)c2ccc(-c3cccnn3)cc2C1. The van der Waals surface area contributed by atoms with Gasteiger partial charge in [-0.1, -0.05) is 42.5 Å². The van der Waals surface area contributed by atoms with E-state index in [9.17, 15) is 0 Å². The minimum absolute atomic E-state index is 0.911. The van der Waals surface area contributed by atoms with E-state index < -0.39 is 0 Å². The molecule has 2 heterocycles. The molecule has 0 amide bonds. The maximum absolute atomic E-state index is 4.28. The monoisotopic (exact) mass is 366 g/mol. The van der Waals surface area contributed by atoms with Crippen molar-refractivity contribution in [3.05, 3.63) is 84.6 Å². The van der Waals surface area contributed by atoms with Crippen LogP contribution in [-0.4, -0.2) is 35.2 Å². The van der Waals surface area contributed by atoms with Crippen molar-refractivity contribution in [2.75, 3.05) is 25.0 Å². The van der Waals surface area contributed by atoms with E-state index in [1.807, 2.05) is 12.1 Å². The molecule has 5 rings (SSSR count). The van der Waals surface area contributed by atoms with E-state index in [0.717, 1.165) is 30.9 Å². The molecule has 1 aromatic heterocycles. The molecular formula is C24H22N4. The Balaban J connectivity index is 1.65. The number of rotatable bonds is 2. The molecule has 0 N–H and O–H groups in total. The lowest BCUT2D eigenvalue weighted by Crippen LogP contribution is -2.26. The van der Waals surface area contributed by atoms with Crippen molar-refractivity contribution >= 4 is 22.1 Å². The fourth-order valence-electron chi connectivity index (χ4n) is 4.05. The zero-order valence-electron chi connectivity index (χ0n) is 15.9. The fourth-order valence-corrected chi connectivity index (χ4v) is 4.05. The number of hydrogen-bond donors (Lipinski definition) is 0. The summed E-state index contributed by atoms with van der Waals surface area (Å²) in [4.78, 5) is 4.84. The second kappa shape index (κ2) is 7.06. The van der Waals surface area contributed by atoms with Gasteiger partial charge in [-0.15, -0.1) is 0 Å². The largest absolute Gasteiger partial charge is 0.339 e. The molecule has 0 atom stereocenters. The van der Waals surface area contributed by atoms with E-state index >= 15 is 0 Å². The molecule has 0 saturated heterocycles. The third-order valence-electron chi connectivity index (χ3n) is 5.44. The summed E-state index contributed by atoms with van der Waals surface area (Å²) < 4.78 is 0. The predicted molar refractivity (Wildman–Crippen MR) is 115 cm³/mol. The summed E-state index contributed by atoms with van der Waals surface area (Å²) in [5, 5.41) is 10.9. The summed E-state index contributed by atoms with van der Waals surface area (Å²) >= 11 is 0. The van der Waals surface area contributed by atoms with E-state index in [-0.39, 0.29) is 0 Å². The molecular weight excluding hydrogens is 344 g/mol. The minimum atomic E-state index is 0.911. The number of aromatic nitrogens is 2. The zero-order valence-corrected chi connectivity index (χ0v) is 15.9. The van der Waals surface area contributed by atoms with Gasteiger partial charge in [0.2, 0.25) is 0 Å². The zero-order chi connectivity index (χ0) is 18.9. The van der Waals surface area contributed by atoms with Crippen LogP contribution in [-0.2, 0) is 6.54 Å². The van der Waals surface area contributed by atoms with Crippen LogP contribution < -0.4 is 4.90 Å². The molecule has 4 heteroatoms. The Morgan fingerprint density at radius 1 is 0.821 bits per heavy atom. The molecule has 0 bridgehead atoms. The lowest BCUT2D eigenvalue weighted by atomic mass is 10.0. The number of anilines is 2. The molecule has 0 aliphatic carbocycles. The molecule has 28 heavy (non-hydrogen) atoms. The van der Waals surface area contributed by atoms with Crippen molar-refractivity contribution in [1.29, 1.82) is 0 Å². The van der Waals surface area contributed by atoms with Crippen LogP contribution >= 0.6 is 0 Å². The second-order valence-corrected chi connectivity index (χ2v) is 7.34. The van der Waals surface area contributed by atoms with Gasteiger partial charge in [0.15, 0.2) is 0 Å². The summed E-state index contributed by atoms with van der Waals surface area (Å²) in [6.45, 7) is 2.89. The van der Waals surface area contributed by atoms with Gasteiger partial charge in [-0.05, 0) is 48.3 Å². The Bertz CT molecular complexity index is 1120. The van der Waals surface area contributed by atoms with Crippen LogP contribution in [0, 0.1) is 0 Å². The van der Waals surface area contributed by atoms with Gasteiger partial charge >= 0.3 is 0 Å². The van der Waals surface area contributed by atoms with Gasteiger partial charge < -0.3 is 9.80 Å². The van der Waals surface area contributed by atoms with Crippen molar-refractivity contribution in [2.45, 2.75) is 6.54 Å². The summed E-state index contributed by atoms with van der Waals surface area (Å²) in [6, 6.07) is 25.8. The van der Waals surface area contributed by atoms with Crippen LogP contribution in [0.4, 0.5) is 11.4 Å². The van der Waals surface area contributed by atoms with Crippen LogP contribution in [0.25, 0.3) is 22.0 Å². The van der Waals surface area contributed by atoms with Crippen molar-refractivity contribution < 1.29 is 0 Å². The molecule has 4 nitrogen and oxygen atoms in total. The van der Waals surface area contributed by atoms with Gasteiger partial charge in [-0.3, -0.25) is 0 Å². The maximum Gasteiger partial charge on any atom is 0.0929 e. The van der Waals surface area contributed by atoms with Crippen molar-refractivity contribution in [1.82, 2.24) is 15.1 Å². The third kappa shape index (κ3) is 3.02. The Morgan fingerprint density at radius 2 is 1.71 bits per heavy atom. The van der Waals surface area contributed by atoms with Crippen LogP contribution in [0.1, 0.15) is 5.56 Å². The molecule has 1 aliphatic rings. The number of benzene rings is 3. The highest BCUT2D eigenvalue weighted by Gasteiger charge is 2.21. The molecule has 1 aliphatic heterocycles. The van der Waals surface area contributed by atoms with E-state index in [1.165, 1.54) is 27.7 Å². The first-order valence-electron chi connectivity index (χ1n) is 9.64. The van der Waals surface area contributed by atoms with E-state index in [4.69, 9.17) is 0 Å². The number of likely N-dealkylation sites (N-methyl/N-ethyl adjacent to an activating group) is 1. The highest BCUT2D eigenvalue weighted by Crippen LogP contribution is 2.37. The van der Waals surface area contributed by atoms with Crippen LogP contribution in [0.3, 0.4) is 0 Å². The second-order valence-electron chi connectivity index (χ2n) is 7.34. The van der Waals surface area contributed by atoms with Gasteiger partial charge in [0.1, 0.15) is 0 Å². The quantitative estimate of drug-likeness (QED) is 0.506. The molecule has 4 aromatic rings. The Hall–Kier alpha value is -3.24. The summed E-state index contributed by atoms with van der Waals surface area (Å²) in [5.41, 5.74) is 5.88. The predicted octanol–water partition coefficient (Wildman–Crippen LogP) is 4.88. The Kier molecular flexibility index (Phi) is 4.26. The van der Waals surface area contributed by atoms with Crippen molar-refractivity contribution in [3.63, 3.8) is 0 Å². The summed E-state index contributed by atoms with van der Waals surface area (Å²) in [7, 11) is 2.19. The molecule has 138 valence electrons. The standard InChI is InChI=1S/C24H22N4/c1-27-14-15-28(24-10-4-7-18-6-2-3-8-21(18)24)23-12-11-19(16-20(23)17-27)22-9-5-13-25-26-22/h2-13,16H,14-15,17H2,1H3. The van der Waals surface area contributed by atoms with Crippen LogP contribution in [0.2, 0.25) is 0 Å². The first kappa shape index (κ1) is 16.9. The lowest BCUT2D eigenvalue weighted by Gasteiger charge is -2.26. The van der Waals surface area contributed by atoms with Gasteiger partial charge in [0, 0.05) is 48.2 Å². The average molecular weight is 366 g/mol. The molecule has 0 saturated carbocycles. The first-order valence-corrected chi connectivity index (χ1v) is 9.64. The average Bonchev–Trinajstić information content (AvgIpc) is 2.91. The molecule has 3 aromatic carbocycles. The topological polar surface area (TPSA) is 32.3 Å². The lowest BCUT2D eigenvalue weighted by molar-refractivity contribution is 0.343. The number of nitrogens with zero attached hydrogens (tertiary/aromatic N) is 4. The van der Waals surface area contributed by atoms with E-state index in [0.29, 0.717) is 0 Å². The molecule has 0 fully saturated rings. The normalized spacial score (nSPS) is 14.7. The minimum Gasteiger partial charge on any atom is -0.339 e. The van der Waals surface area contributed by atoms with Crippen LogP contribution in [0.5, 0.6) is 0 Å². The summed E-state index contributed by atoms with van der Waals surface area (Å²) in [5.74, 6) is 0. The molecule has 0 spiro atoms. The van der Waals surface area contributed by atoms with Crippen molar-refractivity contribution in [2.24, 2.45) is 0 Å². The third-order valence-corrected chi connectivity index (χ3v) is 5.44. The first-order chi connectivity index (χ1) is 13.8. The van der Waals surface area contributed by atoms with Gasteiger partial charge in [-0.2, -0.15) is 10.2 Å². The summed E-state index contributed by atoms with van der Waals surface area (Å²) in [6.07, 6.45) is 1.71. The van der Waals surface area contributed by atoms with Crippen molar-refractivity contribution in [3.8, 4) is 11.3 Å². The molecule has 0 unspecified atom stereocenters. The Morgan fingerprint density at radius 3 is 2.61 bits per heavy atom. The number of hydrogen-bond acceptors (Lipinski definition) is 4. The maximum atomic E-state index is 4.28. The van der Waals surface area contributed by atoms with Gasteiger partial charge in [0.25, 0.3) is 0 Å². The highest BCUT2D eigenvalue weighted by molar-refractivity contribution is 5.96. The smallest absolute Gasteiger partial charge is 0.0929 e. The fraction of sp³-hybridized carbons (Fsp3) is 0.167. The molecule has 0 radical (unpaired) electrons. The van der Waals surface area contributed by atoms with Gasteiger partial charge in [0.05, 0.1) is 5.69 Å². The highest BCUT2D eigenvalue weighted by atomic mass is 15.2. The number of fused-ring (bicyclic) bond motifs is 2. The Labute approximate surface area is 165 Å². The van der Waals surface area contributed by atoms with Gasteiger partial charge in [-0.25, -0.2) is 0 Å². The van der Waals surface area contributed by atoms with E-state index in [2.05, 4.69) is 87.7 Å².